The predicted molar refractivity (Wildman–Crippen MR) is 95.4 cm³/mol. The van der Waals surface area contributed by atoms with Crippen LogP contribution in [-0.2, 0) is 22.7 Å². The lowest BCUT2D eigenvalue weighted by Crippen LogP contribution is -2.16. The quantitative estimate of drug-likeness (QED) is 0.468. The number of aromatic nitrogens is 6. The van der Waals surface area contributed by atoms with Gasteiger partial charge in [0.1, 0.15) is 0 Å². The molecule has 0 saturated heterocycles. The fourth-order valence-electron chi connectivity index (χ4n) is 2.25. The van der Waals surface area contributed by atoms with Gasteiger partial charge in [0.2, 0.25) is 11.6 Å². The highest BCUT2D eigenvalue weighted by molar-refractivity contribution is 7.13. The highest BCUT2D eigenvalue weighted by Gasteiger charge is 2.14. The van der Waals surface area contributed by atoms with Crippen molar-refractivity contribution in [2.45, 2.75) is 20.1 Å². The molecule has 0 atom stereocenters. The highest BCUT2D eigenvalue weighted by atomic mass is 32.1. The van der Waals surface area contributed by atoms with E-state index in [0.717, 1.165) is 16.0 Å². The van der Waals surface area contributed by atoms with Crippen LogP contribution < -0.4 is 0 Å². The van der Waals surface area contributed by atoms with E-state index in [1.165, 1.54) is 16.1 Å². The first-order valence-corrected chi connectivity index (χ1v) is 8.92. The van der Waals surface area contributed by atoms with E-state index in [4.69, 9.17) is 9.26 Å². The van der Waals surface area contributed by atoms with Gasteiger partial charge in [0.15, 0.2) is 13.2 Å². The Morgan fingerprint density at radius 3 is 2.89 bits per heavy atom. The molecule has 0 saturated carbocycles. The molecule has 4 rings (SSSR count). The van der Waals surface area contributed by atoms with Gasteiger partial charge in [-0.3, -0.25) is 0 Å². The number of rotatable bonds is 6. The number of nitrogens with zero attached hydrogens (tertiary/aromatic N) is 6. The first kappa shape index (κ1) is 17.0. The van der Waals surface area contributed by atoms with Crippen LogP contribution in [0.15, 0.2) is 46.3 Å². The van der Waals surface area contributed by atoms with Crippen molar-refractivity contribution in [2.24, 2.45) is 0 Å². The average Bonchev–Trinajstić information content (AvgIpc) is 3.42. The first-order chi connectivity index (χ1) is 13.2. The van der Waals surface area contributed by atoms with Crippen LogP contribution in [0, 0.1) is 6.92 Å². The van der Waals surface area contributed by atoms with Gasteiger partial charge in [-0.2, -0.15) is 9.78 Å². The number of esters is 1. The number of hydrogen-bond acceptors (Lipinski definition) is 9. The molecule has 9 nitrogen and oxygen atoms in total. The molecule has 0 amide bonds. The number of carbonyl (C=O) groups excluding carboxylic acids is 1. The molecule has 10 heteroatoms. The minimum atomic E-state index is -0.523. The van der Waals surface area contributed by atoms with E-state index >= 15 is 0 Å². The van der Waals surface area contributed by atoms with E-state index in [1.54, 1.807) is 0 Å². The maximum Gasteiger partial charge on any atom is 0.330 e. The number of carbonyl (C=O) groups is 1. The van der Waals surface area contributed by atoms with Gasteiger partial charge in [0.05, 0.1) is 4.88 Å². The summed E-state index contributed by atoms with van der Waals surface area (Å²) in [5.74, 6) is 0.613. The largest absolute Gasteiger partial charge is 0.456 e. The van der Waals surface area contributed by atoms with Crippen LogP contribution in [0.5, 0.6) is 0 Å². The van der Waals surface area contributed by atoms with Gasteiger partial charge in [-0.15, -0.1) is 21.5 Å². The molecular weight excluding hydrogens is 368 g/mol. The van der Waals surface area contributed by atoms with Crippen LogP contribution in [0.2, 0.25) is 0 Å². The number of tetrazole rings is 1. The summed E-state index contributed by atoms with van der Waals surface area (Å²) in [4.78, 5) is 18.2. The van der Waals surface area contributed by atoms with Gasteiger partial charge in [-0.1, -0.05) is 41.1 Å². The summed E-state index contributed by atoms with van der Waals surface area (Å²) >= 11 is 1.49. The van der Waals surface area contributed by atoms with Crippen LogP contribution in [0.1, 0.15) is 11.4 Å². The Balaban J connectivity index is 1.33. The predicted octanol–water partition coefficient (Wildman–Crippen LogP) is 2.50. The Hall–Kier alpha value is -3.40. The summed E-state index contributed by atoms with van der Waals surface area (Å²) in [6.45, 7) is 1.75. The van der Waals surface area contributed by atoms with Crippen LogP contribution in [0.4, 0.5) is 0 Å². The summed E-state index contributed by atoms with van der Waals surface area (Å²) in [7, 11) is 0. The van der Waals surface area contributed by atoms with Crippen molar-refractivity contribution in [2.75, 3.05) is 0 Å². The Morgan fingerprint density at radius 2 is 2.11 bits per heavy atom. The van der Waals surface area contributed by atoms with Crippen LogP contribution in [0.3, 0.4) is 0 Å². The topological polar surface area (TPSA) is 109 Å². The highest BCUT2D eigenvalue weighted by Crippen LogP contribution is 2.22. The molecule has 0 fully saturated rings. The fraction of sp³-hybridized carbons (Fsp3) is 0.176. The molecule has 1 aromatic carbocycles. The second-order valence-electron chi connectivity index (χ2n) is 5.66. The van der Waals surface area contributed by atoms with E-state index in [1.807, 2.05) is 48.7 Å². The molecule has 0 radical (unpaired) electrons. The van der Waals surface area contributed by atoms with E-state index in [2.05, 4.69) is 25.6 Å². The maximum atomic E-state index is 12.0. The lowest BCUT2D eigenvalue weighted by molar-refractivity contribution is -0.146. The van der Waals surface area contributed by atoms with E-state index in [-0.39, 0.29) is 13.2 Å². The lowest BCUT2D eigenvalue weighted by Gasteiger charge is -2.00. The molecule has 0 aliphatic carbocycles. The van der Waals surface area contributed by atoms with E-state index < -0.39 is 5.97 Å². The summed E-state index contributed by atoms with van der Waals surface area (Å²) in [5, 5.41) is 17.7. The van der Waals surface area contributed by atoms with Crippen LogP contribution >= 0.6 is 11.3 Å². The lowest BCUT2D eigenvalue weighted by atomic mass is 10.1. The van der Waals surface area contributed by atoms with Gasteiger partial charge >= 0.3 is 5.97 Å². The number of aryl methyl sites for hydroxylation is 1. The van der Waals surface area contributed by atoms with Crippen molar-refractivity contribution in [3.8, 4) is 22.2 Å². The Labute approximate surface area is 157 Å². The minimum absolute atomic E-state index is 0.0901. The second kappa shape index (κ2) is 7.46. The smallest absolute Gasteiger partial charge is 0.330 e. The standard InChI is InChI=1S/C17H14N6O3S/c1-11-4-6-12(7-5-11)16-19-22-23(20-16)9-15(24)25-10-14-18-17(26-21-14)13-3-2-8-27-13/h2-8H,9-10H2,1H3. The van der Waals surface area contributed by atoms with Crippen LogP contribution in [-0.4, -0.2) is 36.3 Å². The molecule has 0 aliphatic rings. The number of benzene rings is 1. The Kier molecular flexibility index (Phi) is 4.71. The van der Waals surface area contributed by atoms with E-state index in [0.29, 0.717) is 17.5 Å². The van der Waals surface area contributed by atoms with Crippen molar-refractivity contribution in [1.82, 2.24) is 30.3 Å². The van der Waals surface area contributed by atoms with Crippen molar-refractivity contribution >= 4 is 17.3 Å². The molecule has 0 bridgehead atoms. The Bertz CT molecular complexity index is 1040. The summed E-state index contributed by atoms with van der Waals surface area (Å²) in [6.07, 6.45) is 0. The third-order valence-electron chi connectivity index (χ3n) is 3.60. The monoisotopic (exact) mass is 382 g/mol. The van der Waals surface area contributed by atoms with Crippen LogP contribution in [0.25, 0.3) is 22.2 Å². The van der Waals surface area contributed by atoms with Gasteiger partial charge in [-0.25, -0.2) is 4.79 Å². The first-order valence-electron chi connectivity index (χ1n) is 8.04. The third-order valence-corrected chi connectivity index (χ3v) is 4.45. The molecule has 27 heavy (non-hydrogen) atoms. The molecular formula is C17H14N6O3S. The molecule has 3 aromatic heterocycles. The van der Waals surface area contributed by atoms with E-state index in [9.17, 15) is 4.79 Å². The number of ether oxygens (including phenoxy) is 1. The zero-order valence-corrected chi connectivity index (χ0v) is 15.1. The van der Waals surface area contributed by atoms with Gasteiger partial charge < -0.3 is 9.26 Å². The van der Waals surface area contributed by atoms with Crippen molar-refractivity contribution in [3.05, 3.63) is 53.2 Å². The van der Waals surface area contributed by atoms with Crippen molar-refractivity contribution < 1.29 is 14.1 Å². The molecule has 4 aromatic rings. The average molecular weight is 382 g/mol. The van der Waals surface area contributed by atoms with Gasteiger partial charge in [0, 0.05) is 5.56 Å². The number of hydrogen-bond donors (Lipinski definition) is 0. The number of thiophene rings is 1. The maximum absolute atomic E-state index is 12.0. The van der Waals surface area contributed by atoms with Gasteiger partial charge in [-0.05, 0) is 23.6 Å². The fourth-order valence-corrected chi connectivity index (χ4v) is 2.89. The molecule has 0 spiro atoms. The summed E-state index contributed by atoms with van der Waals surface area (Å²) in [6, 6.07) is 11.5. The molecule has 136 valence electrons. The minimum Gasteiger partial charge on any atom is -0.456 e. The second-order valence-corrected chi connectivity index (χ2v) is 6.61. The SMILES string of the molecule is Cc1ccc(-c2nnn(CC(=O)OCc3noc(-c4cccs4)n3)n2)cc1. The van der Waals surface area contributed by atoms with Crippen molar-refractivity contribution in [1.29, 1.82) is 0 Å². The zero-order chi connectivity index (χ0) is 18.6. The Morgan fingerprint density at radius 1 is 1.26 bits per heavy atom. The molecule has 0 aliphatic heterocycles. The third kappa shape index (κ3) is 4.06. The van der Waals surface area contributed by atoms with Gasteiger partial charge in [0.25, 0.3) is 5.89 Å². The molecule has 0 N–H and O–H groups in total. The summed E-state index contributed by atoms with van der Waals surface area (Å²) < 4.78 is 10.3. The zero-order valence-electron chi connectivity index (χ0n) is 14.3. The molecule has 3 heterocycles. The summed E-state index contributed by atoms with van der Waals surface area (Å²) in [5.41, 5.74) is 1.96. The van der Waals surface area contributed by atoms with Crippen molar-refractivity contribution in [3.63, 3.8) is 0 Å². The molecule has 0 unspecified atom stereocenters. The normalized spacial score (nSPS) is 10.9.